The molecule has 1 aromatic carbocycles. The number of amides is 1. The van der Waals surface area contributed by atoms with E-state index in [1.807, 2.05) is 28.8 Å². The molecule has 9 nitrogen and oxygen atoms in total. The summed E-state index contributed by atoms with van der Waals surface area (Å²) in [4.78, 5) is 25.4. The lowest BCUT2D eigenvalue weighted by atomic mass is 10.1. The third kappa shape index (κ3) is 6.56. The van der Waals surface area contributed by atoms with Gasteiger partial charge in [0.1, 0.15) is 5.82 Å². The summed E-state index contributed by atoms with van der Waals surface area (Å²) < 4.78 is 1.82. The number of benzene rings is 1. The van der Waals surface area contributed by atoms with Gasteiger partial charge in [-0.3, -0.25) is 9.59 Å². The Balaban J connectivity index is 0.000000735. The van der Waals surface area contributed by atoms with Crippen molar-refractivity contribution in [3.63, 3.8) is 0 Å². The van der Waals surface area contributed by atoms with Gasteiger partial charge in [-0.1, -0.05) is 25.5 Å². The van der Waals surface area contributed by atoms with Crippen molar-refractivity contribution in [1.82, 2.24) is 19.9 Å². The van der Waals surface area contributed by atoms with Crippen molar-refractivity contribution in [1.29, 1.82) is 0 Å². The molecule has 30 heavy (non-hydrogen) atoms. The van der Waals surface area contributed by atoms with Crippen LogP contribution in [0.25, 0.3) is 16.9 Å². The second-order valence-corrected chi connectivity index (χ2v) is 6.55. The summed E-state index contributed by atoms with van der Waals surface area (Å²) in [6.45, 7) is 5.02. The number of anilines is 1. The van der Waals surface area contributed by atoms with Crippen LogP contribution >= 0.6 is 0 Å². The maximum Gasteiger partial charge on any atom is 0.300 e. The molecular weight excluding hydrogens is 384 g/mol. The lowest BCUT2D eigenvalue weighted by molar-refractivity contribution is -0.134. The van der Waals surface area contributed by atoms with Crippen molar-refractivity contribution in [3.05, 3.63) is 48.2 Å². The van der Waals surface area contributed by atoms with Crippen molar-refractivity contribution in [2.24, 2.45) is 5.73 Å². The van der Waals surface area contributed by atoms with Crippen molar-refractivity contribution in [2.75, 3.05) is 25.0 Å². The van der Waals surface area contributed by atoms with Crippen LogP contribution in [0.3, 0.4) is 0 Å². The van der Waals surface area contributed by atoms with Crippen LogP contribution in [0.15, 0.2) is 42.6 Å². The Labute approximate surface area is 175 Å². The van der Waals surface area contributed by atoms with Crippen LogP contribution in [0, 0.1) is 0 Å². The van der Waals surface area contributed by atoms with Crippen molar-refractivity contribution in [3.8, 4) is 11.3 Å². The Morgan fingerprint density at radius 2 is 1.83 bits per heavy atom. The van der Waals surface area contributed by atoms with Gasteiger partial charge in [-0.15, -0.1) is 5.10 Å². The first-order valence-corrected chi connectivity index (χ1v) is 9.83. The van der Waals surface area contributed by atoms with E-state index in [2.05, 4.69) is 27.6 Å². The number of hydrogen-bond donors (Lipinski definition) is 4. The number of unbranched alkanes of at least 4 members (excludes halogenated alkanes) is 1. The summed E-state index contributed by atoms with van der Waals surface area (Å²) >= 11 is 0. The number of nitrogens with two attached hydrogens (primary N) is 1. The molecule has 0 spiro atoms. The predicted molar refractivity (Wildman–Crippen MR) is 117 cm³/mol. The Morgan fingerprint density at radius 1 is 1.13 bits per heavy atom. The van der Waals surface area contributed by atoms with Gasteiger partial charge in [-0.25, -0.2) is 9.50 Å². The number of carbonyl (C=O) groups is 2. The zero-order valence-electron chi connectivity index (χ0n) is 17.3. The van der Waals surface area contributed by atoms with Gasteiger partial charge in [0.2, 0.25) is 0 Å². The van der Waals surface area contributed by atoms with Crippen LogP contribution in [0.2, 0.25) is 0 Å². The van der Waals surface area contributed by atoms with E-state index < -0.39 is 5.97 Å². The molecule has 2 aromatic heterocycles. The van der Waals surface area contributed by atoms with Crippen molar-refractivity contribution in [2.45, 2.75) is 26.7 Å². The molecule has 1 amide bonds. The first kappa shape index (κ1) is 22.8. The minimum Gasteiger partial charge on any atom is -0.481 e. The van der Waals surface area contributed by atoms with E-state index in [4.69, 9.17) is 15.6 Å². The molecule has 9 heteroatoms. The molecule has 0 unspecified atom stereocenters. The highest BCUT2D eigenvalue weighted by atomic mass is 16.4. The zero-order chi connectivity index (χ0) is 21.9. The quantitative estimate of drug-likeness (QED) is 0.417. The second kappa shape index (κ2) is 11.5. The van der Waals surface area contributed by atoms with Gasteiger partial charge < -0.3 is 21.5 Å². The fraction of sp³-hybridized carbons (Fsp3) is 0.333. The number of carboxylic acid groups (broad SMARTS) is 1. The highest BCUT2D eigenvalue weighted by Gasteiger charge is 2.10. The van der Waals surface area contributed by atoms with Crippen molar-refractivity contribution < 1.29 is 14.7 Å². The lowest BCUT2D eigenvalue weighted by Crippen LogP contribution is -2.28. The van der Waals surface area contributed by atoms with Gasteiger partial charge >= 0.3 is 0 Å². The second-order valence-electron chi connectivity index (χ2n) is 6.55. The number of rotatable bonds is 8. The van der Waals surface area contributed by atoms with Gasteiger partial charge in [-0.05, 0) is 30.7 Å². The fourth-order valence-corrected chi connectivity index (χ4v) is 2.64. The fourth-order valence-electron chi connectivity index (χ4n) is 2.64. The van der Waals surface area contributed by atoms with Gasteiger partial charge in [0.25, 0.3) is 11.9 Å². The van der Waals surface area contributed by atoms with Gasteiger partial charge in [0, 0.05) is 37.7 Å². The SMILES string of the molecule is CC(=O)O.CCCCNc1ccc2ncc(-c3ccc(C(=O)NCCN)cc3)n2n1. The van der Waals surface area contributed by atoms with Gasteiger partial charge in [-0.2, -0.15) is 0 Å². The number of carboxylic acids is 1. The summed E-state index contributed by atoms with van der Waals surface area (Å²) in [5.41, 5.74) is 8.63. The molecule has 0 saturated carbocycles. The van der Waals surface area contributed by atoms with E-state index in [1.54, 1.807) is 18.3 Å². The molecule has 3 aromatic rings. The van der Waals surface area contributed by atoms with E-state index in [0.29, 0.717) is 18.7 Å². The monoisotopic (exact) mass is 412 g/mol. The molecule has 2 heterocycles. The summed E-state index contributed by atoms with van der Waals surface area (Å²) in [5.74, 6) is -0.135. The highest BCUT2D eigenvalue weighted by molar-refractivity contribution is 5.94. The number of carbonyl (C=O) groups excluding carboxylic acids is 1. The highest BCUT2D eigenvalue weighted by Crippen LogP contribution is 2.21. The Morgan fingerprint density at radius 3 is 2.47 bits per heavy atom. The van der Waals surface area contributed by atoms with Crippen molar-refractivity contribution >= 4 is 23.3 Å². The minimum absolute atomic E-state index is 0.124. The van der Waals surface area contributed by atoms with E-state index in [0.717, 1.165) is 49.0 Å². The average molecular weight is 412 g/mol. The number of imidazole rings is 1. The third-order valence-electron chi connectivity index (χ3n) is 4.07. The first-order valence-electron chi connectivity index (χ1n) is 9.83. The largest absolute Gasteiger partial charge is 0.481 e. The molecule has 0 atom stereocenters. The zero-order valence-corrected chi connectivity index (χ0v) is 17.3. The van der Waals surface area contributed by atoms with Crippen LogP contribution in [0.1, 0.15) is 37.0 Å². The van der Waals surface area contributed by atoms with Crippen LogP contribution in [0.5, 0.6) is 0 Å². The minimum atomic E-state index is -0.833. The van der Waals surface area contributed by atoms with Crippen LogP contribution in [0.4, 0.5) is 5.82 Å². The van der Waals surface area contributed by atoms with Crippen LogP contribution in [-0.4, -0.2) is 51.2 Å². The van der Waals surface area contributed by atoms with Crippen LogP contribution in [-0.2, 0) is 4.79 Å². The van der Waals surface area contributed by atoms with Crippen LogP contribution < -0.4 is 16.4 Å². The van der Waals surface area contributed by atoms with E-state index in [9.17, 15) is 4.79 Å². The van der Waals surface area contributed by atoms with Gasteiger partial charge in [0.15, 0.2) is 5.65 Å². The Hall–Kier alpha value is -3.46. The Kier molecular flexibility index (Phi) is 8.76. The first-order chi connectivity index (χ1) is 14.5. The maximum atomic E-state index is 12.0. The number of aliphatic carboxylic acids is 1. The molecular formula is C21H28N6O3. The Bertz CT molecular complexity index is 965. The standard InChI is InChI=1S/C19H24N6O.C2H4O2/c1-2-3-11-21-17-8-9-18-23-13-16(25(18)24-17)14-4-6-15(7-5-14)19(26)22-12-10-20;1-2(3)4/h4-9,13H,2-3,10-12,20H2,1H3,(H,21,24)(H,22,26);1H3,(H,3,4). The molecule has 0 aliphatic heterocycles. The summed E-state index contributed by atoms with van der Waals surface area (Å²) in [6, 6.07) is 11.3. The molecule has 0 saturated heterocycles. The number of nitrogens with one attached hydrogen (secondary N) is 2. The lowest BCUT2D eigenvalue weighted by Gasteiger charge is -2.07. The number of aromatic nitrogens is 3. The van der Waals surface area contributed by atoms with Gasteiger partial charge in [0.05, 0.1) is 11.9 Å². The number of nitrogens with zero attached hydrogens (tertiary/aromatic N) is 3. The summed E-state index contributed by atoms with van der Waals surface area (Å²) in [5, 5.41) is 18.1. The maximum absolute atomic E-state index is 12.0. The predicted octanol–water partition coefficient (Wildman–Crippen LogP) is 2.39. The number of fused-ring (bicyclic) bond motifs is 1. The molecule has 3 rings (SSSR count). The molecule has 0 radical (unpaired) electrons. The summed E-state index contributed by atoms with van der Waals surface area (Å²) in [7, 11) is 0. The van der Waals surface area contributed by atoms with E-state index in [-0.39, 0.29) is 5.91 Å². The summed E-state index contributed by atoms with van der Waals surface area (Å²) in [6.07, 6.45) is 4.03. The molecule has 0 fully saturated rings. The van der Waals surface area contributed by atoms with E-state index in [1.165, 1.54) is 0 Å². The molecule has 5 N–H and O–H groups in total. The molecule has 0 bridgehead atoms. The number of hydrogen-bond acceptors (Lipinski definition) is 6. The topological polar surface area (TPSA) is 135 Å². The smallest absolute Gasteiger partial charge is 0.300 e. The molecule has 0 aliphatic carbocycles. The molecule has 160 valence electrons. The molecule has 0 aliphatic rings. The average Bonchev–Trinajstić information content (AvgIpc) is 3.15. The normalized spacial score (nSPS) is 10.2. The third-order valence-corrected chi connectivity index (χ3v) is 4.07. The van der Waals surface area contributed by atoms with E-state index >= 15 is 0 Å².